The van der Waals surface area contributed by atoms with Crippen molar-refractivity contribution < 1.29 is 4.79 Å². The van der Waals surface area contributed by atoms with E-state index in [4.69, 9.17) is 0 Å². The first-order valence-electron chi connectivity index (χ1n) is 4.13. The second-order valence-electron chi connectivity index (χ2n) is 4.19. The molecule has 11 heavy (non-hydrogen) atoms. The van der Waals surface area contributed by atoms with Gasteiger partial charge in [-0.1, -0.05) is 0 Å². The van der Waals surface area contributed by atoms with E-state index in [2.05, 4.69) is 32.8 Å². The lowest BCUT2D eigenvalue weighted by Crippen LogP contribution is -2.40. The lowest BCUT2D eigenvalue weighted by molar-refractivity contribution is -0.109. The summed E-state index contributed by atoms with van der Waals surface area (Å²) in [7, 11) is 4.14. The molecule has 0 radical (unpaired) electrons. The summed E-state index contributed by atoms with van der Waals surface area (Å²) in [6.45, 7) is 4.39. The van der Waals surface area contributed by atoms with Crippen LogP contribution in [-0.2, 0) is 4.79 Å². The van der Waals surface area contributed by atoms with Crippen molar-refractivity contribution in [3.8, 4) is 0 Å². The van der Waals surface area contributed by atoms with E-state index in [1.807, 2.05) is 0 Å². The number of hydrogen-bond acceptors (Lipinski definition) is 2. The molecule has 1 aliphatic rings. The topological polar surface area (TPSA) is 20.3 Å². The molecule has 0 aromatic carbocycles. The van der Waals surface area contributed by atoms with Gasteiger partial charge in [0, 0.05) is 11.5 Å². The first-order valence-corrected chi connectivity index (χ1v) is 4.13. The van der Waals surface area contributed by atoms with Crippen molar-refractivity contribution in [1.29, 1.82) is 0 Å². The van der Waals surface area contributed by atoms with E-state index in [0.29, 0.717) is 11.8 Å². The molecule has 0 unspecified atom stereocenters. The molecule has 0 heterocycles. The Morgan fingerprint density at radius 1 is 1.45 bits per heavy atom. The van der Waals surface area contributed by atoms with Gasteiger partial charge in [-0.2, -0.15) is 0 Å². The predicted molar refractivity (Wildman–Crippen MR) is 45.4 cm³/mol. The maximum Gasteiger partial charge on any atom is 0.123 e. The fraction of sp³-hybridized carbons (Fsp3) is 0.889. The van der Waals surface area contributed by atoms with Crippen molar-refractivity contribution in [2.75, 3.05) is 14.1 Å². The van der Waals surface area contributed by atoms with E-state index in [0.717, 1.165) is 12.7 Å². The number of hydrogen-bond donors (Lipinski definition) is 0. The molecule has 64 valence electrons. The Bertz CT molecular complexity index is 163. The summed E-state index contributed by atoms with van der Waals surface area (Å²) in [5, 5.41) is 0. The molecule has 0 saturated heterocycles. The molecule has 0 bridgehead atoms. The Hall–Kier alpha value is -0.370. The monoisotopic (exact) mass is 155 g/mol. The van der Waals surface area contributed by atoms with Gasteiger partial charge < -0.3 is 9.69 Å². The third-order valence-corrected chi connectivity index (χ3v) is 3.07. The molecule has 2 nitrogen and oxygen atoms in total. The average Bonchev–Trinajstić information content (AvgIpc) is 2.65. The van der Waals surface area contributed by atoms with Crippen molar-refractivity contribution in [2.24, 2.45) is 11.8 Å². The Kier molecular flexibility index (Phi) is 2.06. The van der Waals surface area contributed by atoms with E-state index >= 15 is 0 Å². The summed E-state index contributed by atoms with van der Waals surface area (Å²) in [5.74, 6) is 0.905. The normalized spacial score (nSPS) is 30.6. The zero-order valence-corrected chi connectivity index (χ0v) is 7.79. The molecular weight excluding hydrogens is 138 g/mol. The largest absolute Gasteiger partial charge is 0.304 e. The lowest BCUT2D eigenvalue weighted by Gasteiger charge is -2.32. The lowest BCUT2D eigenvalue weighted by atomic mass is 9.96. The van der Waals surface area contributed by atoms with Crippen LogP contribution in [-0.4, -0.2) is 30.8 Å². The smallest absolute Gasteiger partial charge is 0.123 e. The molecule has 1 fully saturated rings. The maximum absolute atomic E-state index is 10.4. The number of carbonyl (C=O) groups excluding carboxylic acids is 1. The second-order valence-corrected chi connectivity index (χ2v) is 4.19. The Morgan fingerprint density at radius 2 is 2.00 bits per heavy atom. The highest BCUT2D eigenvalue weighted by Crippen LogP contribution is 2.46. The predicted octanol–water partition coefficient (Wildman–Crippen LogP) is 1.16. The average molecular weight is 155 g/mol. The van der Waals surface area contributed by atoms with Crippen LogP contribution in [0.4, 0.5) is 0 Å². The molecule has 0 spiro atoms. The minimum Gasteiger partial charge on any atom is -0.304 e. The van der Waals surface area contributed by atoms with Crippen LogP contribution >= 0.6 is 0 Å². The molecule has 0 aliphatic heterocycles. The molecule has 1 rings (SSSR count). The summed E-state index contributed by atoms with van der Waals surface area (Å²) < 4.78 is 0. The summed E-state index contributed by atoms with van der Waals surface area (Å²) in [4.78, 5) is 12.6. The first kappa shape index (κ1) is 8.72. The standard InChI is InChI=1S/C9H17NO/c1-9(2,10(3)4)8-5-7(8)6-11/h6-8H,5H2,1-4H3/t7-,8+/m0/s1. The highest BCUT2D eigenvalue weighted by atomic mass is 16.1. The van der Waals surface area contributed by atoms with Gasteiger partial charge in [0.2, 0.25) is 0 Å². The third-order valence-electron chi connectivity index (χ3n) is 3.07. The molecule has 1 aliphatic carbocycles. The fourth-order valence-electron chi connectivity index (χ4n) is 1.51. The van der Waals surface area contributed by atoms with Crippen molar-refractivity contribution in [3.05, 3.63) is 0 Å². The minimum atomic E-state index is 0.186. The van der Waals surface area contributed by atoms with Crippen molar-refractivity contribution in [2.45, 2.75) is 25.8 Å². The van der Waals surface area contributed by atoms with Crippen molar-refractivity contribution >= 4 is 6.29 Å². The molecule has 2 atom stereocenters. The summed E-state index contributed by atoms with van der Waals surface area (Å²) >= 11 is 0. The van der Waals surface area contributed by atoms with Crippen LogP contribution in [0.3, 0.4) is 0 Å². The van der Waals surface area contributed by atoms with Gasteiger partial charge in [-0.05, 0) is 40.3 Å². The molecule has 0 N–H and O–H groups in total. The van der Waals surface area contributed by atoms with Crippen molar-refractivity contribution in [3.63, 3.8) is 0 Å². The van der Waals surface area contributed by atoms with E-state index in [-0.39, 0.29) is 5.54 Å². The van der Waals surface area contributed by atoms with E-state index in [9.17, 15) is 4.79 Å². The molecule has 0 amide bonds. The quantitative estimate of drug-likeness (QED) is 0.570. The van der Waals surface area contributed by atoms with E-state index in [1.165, 1.54) is 0 Å². The molecular formula is C9H17NO. The van der Waals surface area contributed by atoms with Crippen LogP contribution in [0.1, 0.15) is 20.3 Å². The second kappa shape index (κ2) is 2.59. The molecule has 0 aromatic heterocycles. The molecule has 0 aromatic rings. The van der Waals surface area contributed by atoms with Crippen LogP contribution in [0.2, 0.25) is 0 Å². The van der Waals surface area contributed by atoms with Gasteiger partial charge >= 0.3 is 0 Å². The minimum absolute atomic E-state index is 0.186. The van der Waals surface area contributed by atoms with Crippen LogP contribution in [0.25, 0.3) is 0 Å². The Labute approximate surface area is 68.6 Å². The summed E-state index contributed by atoms with van der Waals surface area (Å²) in [6.07, 6.45) is 2.17. The Morgan fingerprint density at radius 3 is 2.27 bits per heavy atom. The van der Waals surface area contributed by atoms with Crippen LogP contribution in [0.15, 0.2) is 0 Å². The molecule has 1 saturated carbocycles. The van der Waals surface area contributed by atoms with Gasteiger partial charge in [0.05, 0.1) is 0 Å². The highest BCUT2D eigenvalue weighted by molar-refractivity contribution is 5.58. The number of carbonyl (C=O) groups is 1. The fourth-order valence-corrected chi connectivity index (χ4v) is 1.51. The van der Waals surface area contributed by atoms with Gasteiger partial charge in [0.25, 0.3) is 0 Å². The SMILES string of the molecule is CN(C)C(C)(C)[C@@H]1C[C@H]1C=O. The highest BCUT2D eigenvalue weighted by Gasteiger charge is 2.48. The van der Waals surface area contributed by atoms with Crippen LogP contribution < -0.4 is 0 Å². The maximum atomic E-state index is 10.4. The van der Waals surface area contributed by atoms with Gasteiger partial charge in [0.15, 0.2) is 0 Å². The third kappa shape index (κ3) is 1.45. The first-order chi connectivity index (χ1) is 5.00. The Balaban J connectivity index is 2.54. The van der Waals surface area contributed by atoms with Crippen LogP contribution in [0, 0.1) is 11.8 Å². The van der Waals surface area contributed by atoms with Crippen molar-refractivity contribution in [1.82, 2.24) is 4.90 Å². The number of rotatable bonds is 3. The number of nitrogens with zero attached hydrogens (tertiary/aromatic N) is 1. The van der Waals surface area contributed by atoms with Crippen LogP contribution in [0.5, 0.6) is 0 Å². The zero-order chi connectivity index (χ0) is 8.65. The van der Waals surface area contributed by atoms with Gasteiger partial charge in [-0.3, -0.25) is 0 Å². The van der Waals surface area contributed by atoms with E-state index < -0.39 is 0 Å². The summed E-state index contributed by atoms with van der Waals surface area (Å²) in [6, 6.07) is 0. The number of aldehydes is 1. The van der Waals surface area contributed by atoms with Gasteiger partial charge in [-0.25, -0.2) is 0 Å². The van der Waals surface area contributed by atoms with Gasteiger partial charge in [-0.15, -0.1) is 0 Å². The molecule has 2 heteroatoms. The van der Waals surface area contributed by atoms with Gasteiger partial charge in [0.1, 0.15) is 6.29 Å². The summed E-state index contributed by atoms with van der Waals surface area (Å²) in [5.41, 5.74) is 0.186. The van der Waals surface area contributed by atoms with E-state index in [1.54, 1.807) is 0 Å². The zero-order valence-electron chi connectivity index (χ0n) is 7.79.